The van der Waals surface area contributed by atoms with E-state index < -0.39 is 37.3 Å². The van der Waals surface area contributed by atoms with Crippen LogP contribution in [0.2, 0.25) is 0 Å². The normalized spacial score (nSPS) is 29.6. The van der Waals surface area contributed by atoms with E-state index in [2.05, 4.69) is 12.2 Å². The molecule has 7 nitrogen and oxygen atoms in total. The van der Waals surface area contributed by atoms with Crippen molar-refractivity contribution in [3.8, 4) is 0 Å². The molecule has 1 saturated heterocycles. The van der Waals surface area contributed by atoms with Crippen molar-refractivity contribution in [2.24, 2.45) is 0 Å². The summed E-state index contributed by atoms with van der Waals surface area (Å²) in [7, 11) is 0. The molecule has 0 aromatic rings. The van der Waals surface area contributed by atoms with Crippen LogP contribution in [0.15, 0.2) is 0 Å². The van der Waals surface area contributed by atoms with E-state index in [-0.39, 0.29) is 5.91 Å². The van der Waals surface area contributed by atoms with Crippen molar-refractivity contribution in [3.63, 3.8) is 0 Å². The van der Waals surface area contributed by atoms with Crippen LogP contribution < -0.4 is 5.32 Å². The highest BCUT2D eigenvalue weighted by molar-refractivity contribution is 5.76. The molecule has 25 heavy (non-hydrogen) atoms. The van der Waals surface area contributed by atoms with Gasteiger partial charge in [-0.05, 0) is 6.42 Å². The number of ether oxygens (including phenoxy) is 1. The first-order valence-electron chi connectivity index (χ1n) is 9.61. The summed E-state index contributed by atoms with van der Waals surface area (Å²) in [5.74, 6) is -0.288. The third-order valence-electron chi connectivity index (χ3n) is 4.74. The molecule has 0 aromatic heterocycles. The number of aliphatic hydroxyl groups is 4. The van der Waals surface area contributed by atoms with Crippen LogP contribution in [0.1, 0.15) is 71.1 Å². The number of unbranched alkanes of at least 4 members (excludes halogenated alkanes) is 8. The van der Waals surface area contributed by atoms with Gasteiger partial charge in [-0.25, -0.2) is 0 Å². The van der Waals surface area contributed by atoms with Crippen LogP contribution in [-0.4, -0.2) is 63.6 Å². The highest BCUT2D eigenvalue weighted by Gasteiger charge is 2.44. The Morgan fingerprint density at radius 2 is 1.48 bits per heavy atom. The van der Waals surface area contributed by atoms with Gasteiger partial charge in [0.25, 0.3) is 0 Å². The lowest BCUT2D eigenvalue weighted by Crippen LogP contribution is -2.64. The molecule has 7 heteroatoms. The molecular formula is C18H35NO6. The molecular weight excluding hydrogens is 326 g/mol. The van der Waals surface area contributed by atoms with Gasteiger partial charge in [-0.1, -0.05) is 58.3 Å². The smallest absolute Gasteiger partial charge is 0.220 e. The Morgan fingerprint density at radius 3 is 2.04 bits per heavy atom. The Hall–Kier alpha value is -0.730. The number of nitrogens with one attached hydrogen (secondary N) is 1. The number of amides is 1. The molecule has 1 fully saturated rings. The van der Waals surface area contributed by atoms with E-state index in [0.717, 1.165) is 19.3 Å². The van der Waals surface area contributed by atoms with E-state index >= 15 is 0 Å². The maximum absolute atomic E-state index is 11.9. The molecule has 5 atom stereocenters. The maximum Gasteiger partial charge on any atom is 0.220 e. The van der Waals surface area contributed by atoms with E-state index in [4.69, 9.17) is 9.84 Å². The summed E-state index contributed by atoms with van der Waals surface area (Å²) in [5.41, 5.74) is 0. The van der Waals surface area contributed by atoms with Crippen molar-refractivity contribution in [2.75, 3.05) is 6.61 Å². The minimum absolute atomic E-state index is 0.288. The van der Waals surface area contributed by atoms with Crippen molar-refractivity contribution >= 4 is 5.91 Å². The van der Waals surface area contributed by atoms with Gasteiger partial charge in [0, 0.05) is 6.42 Å². The third kappa shape index (κ3) is 8.00. The van der Waals surface area contributed by atoms with Crippen LogP contribution in [0.3, 0.4) is 0 Å². The zero-order chi connectivity index (χ0) is 18.7. The average Bonchev–Trinajstić information content (AvgIpc) is 2.60. The van der Waals surface area contributed by atoms with Gasteiger partial charge in [-0.3, -0.25) is 4.79 Å². The minimum atomic E-state index is -1.46. The fourth-order valence-electron chi connectivity index (χ4n) is 3.11. The SMILES string of the molecule is CCCCCCCCCCCC(=O)N[C@H]1[C@@H](O)[C@H](O)[C@@H](CO)O[C@@H]1O. The molecule has 1 amide bonds. The standard InChI is InChI=1S/C18H35NO6/c1-2-3-4-5-6-7-8-9-10-11-14(21)19-15-17(23)16(22)13(12-20)25-18(15)24/h13,15-18,20,22-24H,2-12H2,1H3,(H,19,21)/t13-,15+,16-,17-,18+/m1/s1. The molecule has 0 bridgehead atoms. The number of carbonyl (C=O) groups is 1. The fraction of sp³-hybridized carbons (Fsp3) is 0.944. The van der Waals surface area contributed by atoms with Crippen molar-refractivity contribution < 1.29 is 30.0 Å². The molecule has 0 radical (unpaired) electrons. The number of carbonyl (C=O) groups excluding carboxylic acids is 1. The number of hydrogen-bond donors (Lipinski definition) is 5. The Kier molecular flexibility index (Phi) is 11.2. The molecule has 5 N–H and O–H groups in total. The Labute approximate surface area is 150 Å². The molecule has 0 aromatic carbocycles. The molecule has 0 spiro atoms. The summed E-state index contributed by atoms with van der Waals surface area (Å²) < 4.78 is 5.01. The second-order valence-electron chi connectivity index (χ2n) is 6.90. The summed E-state index contributed by atoms with van der Waals surface area (Å²) in [4.78, 5) is 11.9. The number of rotatable bonds is 12. The highest BCUT2D eigenvalue weighted by Crippen LogP contribution is 2.20. The van der Waals surface area contributed by atoms with Gasteiger partial charge in [-0.2, -0.15) is 0 Å². The van der Waals surface area contributed by atoms with Crippen molar-refractivity contribution in [1.29, 1.82) is 0 Å². The van der Waals surface area contributed by atoms with Crippen LogP contribution in [0, 0.1) is 0 Å². The van der Waals surface area contributed by atoms with Crippen molar-refractivity contribution in [2.45, 2.75) is 102 Å². The minimum Gasteiger partial charge on any atom is -0.394 e. The lowest BCUT2D eigenvalue weighted by molar-refractivity contribution is -0.253. The molecule has 1 rings (SSSR count). The van der Waals surface area contributed by atoms with E-state index in [0.29, 0.717) is 6.42 Å². The average molecular weight is 361 g/mol. The van der Waals surface area contributed by atoms with Gasteiger partial charge in [0.2, 0.25) is 5.91 Å². The van der Waals surface area contributed by atoms with Crippen LogP contribution in [0.25, 0.3) is 0 Å². The summed E-state index contributed by atoms with van der Waals surface area (Å²) >= 11 is 0. The van der Waals surface area contributed by atoms with Crippen LogP contribution >= 0.6 is 0 Å². The van der Waals surface area contributed by atoms with Gasteiger partial charge in [-0.15, -0.1) is 0 Å². The molecule has 1 aliphatic heterocycles. The monoisotopic (exact) mass is 361 g/mol. The second kappa shape index (κ2) is 12.6. The molecule has 148 valence electrons. The van der Waals surface area contributed by atoms with Crippen LogP contribution in [0.5, 0.6) is 0 Å². The quantitative estimate of drug-likeness (QED) is 0.328. The fourth-order valence-corrected chi connectivity index (χ4v) is 3.11. The van der Waals surface area contributed by atoms with Gasteiger partial charge in [0.15, 0.2) is 6.29 Å². The first-order valence-corrected chi connectivity index (χ1v) is 9.61. The molecule has 1 aliphatic rings. The van der Waals surface area contributed by atoms with Gasteiger partial charge in [0.1, 0.15) is 24.4 Å². The lowest BCUT2D eigenvalue weighted by atomic mass is 9.97. The Balaban J connectivity index is 2.15. The third-order valence-corrected chi connectivity index (χ3v) is 4.74. The summed E-state index contributed by atoms with van der Waals surface area (Å²) in [6.07, 6.45) is 5.46. The van der Waals surface area contributed by atoms with Crippen LogP contribution in [0.4, 0.5) is 0 Å². The van der Waals surface area contributed by atoms with E-state index in [1.165, 1.54) is 38.5 Å². The Morgan fingerprint density at radius 1 is 0.920 bits per heavy atom. The van der Waals surface area contributed by atoms with E-state index in [1.807, 2.05) is 0 Å². The highest BCUT2D eigenvalue weighted by atomic mass is 16.6. The first kappa shape index (κ1) is 22.3. The zero-order valence-corrected chi connectivity index (χ0v) is 15.3. The molecule has 0 unspecified atom stereocenters. The Bertz CT molecular complexity index is 367. The van der Waals surface area contributed by atoms with E-state index in [9.17, 15) is 20.1 Å². The summed E-state index contributed by atoms with van der Waals surface area (Å²) in [5, 5.41) is 41.1. The predicted octanol–water partition coefficient (Wildman–Crippen LogP) is 0.823. The van der Waals surface area contributed by atoms with Crippen LogP contribution in [-0.2, 0) is 9.53 Å². The first-order chi connectivity index (χ1) is 12.0. The number of hydrogen-bond acceptors (Lipinski definition) is 6. The largest absolute Gasteiger partial charge is 0.394 e. The predicted molar refractivity (Wildman–Crippen MR) is 93.8 cm³/mol. The van der Waals surface area contributed by atoms with Gasteiger partial charge >= 0.3 is 0 Å². The number of aliphatic hydroxyl groups excluding tert-OH is 4. The molecule has 0 aliphatic carbocycles. The topological polar surface area (TPSA) is 119 Å². The van der Waals surface area contributed by atoms with Crippen molar-refractivity contribution in [3.05, 3.63) is 0 Å². The van der Waals surface area contributed by atoms with Crippen molar-refractivity contribution in [1.82, 2.24) is 5.32 Å². The summed E-state index contributed by atoms with van der Waals surface area (Å²) in [6, 6.07) is -1.09. The van der Waals surface area contributed by atoms with Gasteiger partial charge in [0.05, 0.1) is 6.61 Å². The zero-order valence-electron chi connectivity index (χ0n) is 15.3. The maximum atomic E-state index is 11.9. The van der Waals surface area contributed by atoms with E-state index in [1.54, 1.807) is 0 Å². The lowest BCUT2D eigenvalue weighted by Gasteiger charge is -2.40. The second-order valence-corrected chi connectivity index (χ2v) is 6.90. The molecule has 0 saturated carbocycles. The van der Waals surface area contributed by atoms with Gasteiger partial charge < -0.3 is 30.5 Å². The molecule has 1 heterocycles. The summed E-state index contributed by atoms with van der Waals surface area (Å²) in [6.45, 7) is 1.68.